The first-order valence-electron chi connectivity index (χ1n) is 4.56. The molecule has 0 aliphatic carbocycles. The lowest BCUT2D eigenvalue weighted by Gasteiger charge is -2.16. The van der Waals surface area contributed by atoms with Crippen molar-refractivity contribution in [2.45, 2.75) is 26.3 Å². The Labute approximate surface area is 82.0 Å². The van der Waals surface area contributed by atoms with Crippen LogP contribution in [0.4, 0.5) is 0 Å². The van der Waals surface area contributed by atoms with Gasteiger partial charge in [0.15, 0.2) is 5.78 Å². The summed E-state index contributed by atoms with van der Waals surface area (Å²) in [6.45, 7) is 3.61. The molecule has 2 atom stereocenters. The Morgan fingerprint density at radius 3 is 2.43 bits per heavy atom. The van der Waals surface area contributed by atoms with Gasteiger partial charge < -0.3 is 5.73 Å². The zero-order valence-corrected chi connectivity index (χ0v) is 8.24. The first-order chi connectivity index (χ1) is 6.43. The highest BCUT2D eigenvalue weighted by Crippen LogP contribution is 2.15. The number of nitrogens with two attached hydrogens (primary N) is 1. The van der Waals surface area contributed by atoms with Crippen LogP contribution in [0.3, 0.4) is 0 Å². The van der Waals surface area contributed by atoms with Crippen molar-refractivity contribution in [2.24, 2.45) is 17.6 Å². The molecule has 0 aromatic carbocycles. The van der Waals surface area contributed by atoms with E-state index in [1.807, 2.05) is 0 Å². The third kappa shape index (κ3) is 1.98. The molecule has 1 aliphatic rings. The molecule has 0 bridgehead atoms. The van der Waals surface area contributed by atoms with Crippen molar-refractivity contribution in [1.82, 2.24) is 5.32 Å². The lowest BCUT2D eigenvalue weighted by Crippen LogP contribution is -2.42. The largest absolute Gasteiger partial charge is 0.321 e. The third-order valence-electron chi connectivity index (χ3n) is 2.36. The van der Waals surface area contributed by atoms with Gasteiger partial charge in [-0.1, -0.05) is 13.8 Å². The van der Waals surface area contributed by atoms with Gasteiger partial charge in [-0.3, -0.25) is 19.7 Å². The Morgan fingerprint density at radius 1 is 1.50 bits per heavy atom. The number of hydrogen-bond acceptors (Lipinski definition) is 4. The fraction of sp³-hybridized carbons (Fsp3) is 0.667. The van der Waals surface area contributed by atoms with E-state index in [9.17, 15) is 14.4 Å². The average Bonchev–Trinajstić information content (AvgIpc) is 2.42. The lowest BCUT2D eigenvalue weighted by atomic mass is 9.91. The number of hydrogen-bond donors (Lipinski definition) is 2. The maximum Gasteiger partial charge on any atom is 0.237 e. The van der Waals surface area contributed by atoms with Crippen LogP contribution in [0.1, 0.15) is 20.3 Å². The second-order valence-corrected chi connectivity index (χ2v) is 3.84. The number of amides is 2. The van der Waals surface area contributed by atoms with Crippen LogP contribution in [-0.2, 0) is 14.4 Å². The van der Waals surface area contributed by atoms with Crippen LogP contribution in [0.25, 0.3) is 0 Å². The number of carbonyl (C=O) groups is 3. The highest BCUT2D eigenvalue weighted by molar-refractivity contribution is 6.15. The summed E-state index contributed by atoms with van der Waals surface area (Å²) in [5, 5.41) is 2.09. The van der Waals surface area contributed by atoms with E-state index >= 15 is 0 Å². The van der Waals surface area contributed by atoms with Gasteiger partial charge >= 0.3 is 0 Å². The standard InChI is InChI=1S/C9H14N2O3/c1-4(2)7(10)8(13)5-3-6(12)11-9(5)14/h4-5,7H,3,10H2,1-2H3,(H,11,12,14). The van der Waals surface area contributed by atoms with Crippen molar-refractivity contribution in [2.75, 3.05) is 0 Å². The molecular formula is C9H14N2O3. The highest BCUT2D eigenvalue weighted by atomic mass is 16.2. The molecule has 3 N–H and O–H groups in total. The topological polar surface area (TPSA) is 89.3 Å². The minimum atomic E-state index is -0.875. The summed E-state index contributed by atoms with van der Waals surface area (Å²) in [6, 6.07) is -0.670. The number of ketones is 1. The summed E-state index contributed by atoms with van der Waals surface area (Å²) < 4.78 is 0. The van der Waals surface area contributed by atoms with Gasteiger partial charge in [0.05, 0.1) is 6.04 Å². The van der Waals surface area contributed by atoms with Crippen LogP contribution < -0.4 is 11.1 Å². The first kappa shape index (κ1) is 10.8. The van der Waals surface area contributed by atoms with Gasteiger partial charge in [-0.25, -0.2) is 0 Å². The van der Waals surface area contributed by atoms with Crippen molar-refractivity contribution in [3.63, 3.8) is 0 Å². The van der Waals surface area contributed by atoms with E-state index in [1.54, 1.807) is 13.8 Å². The molecule has 2 unspecified atom stereocenters. The fourth-order valence-corrected chi connectivity index (χ4v) is 1.34. The van der Waals surface area contributed by atoms with E-state index in [0.29, 0.717) is 0 Å². The molecule has 78 valence electrons. The smallest absolute Gasteiger partial charge is 0.237 e. The van der Waals surface area contributed by atoms with Gasteiger partial charge in [-0.05, 0) is 5.92 Å². The Hall–Kier alpha value is -1.23. The van der Waals surface area contributed by atoms with E-state index in [1.165, 1.54) is 0 Å². The molecule has 1 aliphatic heterocycles. The molecule has 0 radical (unpaired) electrons. The molecule has 0 saturated carbocycles. The zero-order valence-electron chi connectivity index (χ0n) is 8.24. The molecule has 0 aromatic heterocycles. The number of imide groups is 1. The van der Waals surface area contributed by atoms with Crippen molar-refractivity contribution in [3.05, 3.63) is 0 Å². The van der Waals surface area contributed by atoms with Crippen LogP contribution in [0, 0.1) is 11.8 Å². The molecule has 1 fully saturated rings. The second-order valence-electron chi connectivity index (χ2n) is 3.84. The quantitative estimate of drug-likeness (QED) is 0.459. The van der Waals surface area contributed by atoms with Crippen molar-refractivity contribution < 1.29 is 14.4 Å². The predicted molar refractivity (Wildman–Crippen MR) is 49.1 cm³/mol. The van der Waals surface area contributed by atoms with Gasteiger partial charge in [-0.2, -0.15) is 0 Å². The van der Waals surface area contributed by atoms with Gasteiger partial charge in [-0.15, -0.1) is 0 Å². The maximum atomic E-state index is 11.6. The molecule has 5 nitrogen and oxygen atoms in total. The fourth-order valence-electron chi connectivity index (χ4n) is 1.34. The zero-order chi connectivity index (χ0) is 10.9. The minimum Gasteiger partial charge on any atom is -0.321 e. The number of carbonyl (C=O) groups excluding carboxylic acids is 3. The molecule has 0 spiro atoms. The summed E-state index contributed by atoms with van der Waals surface area (Å²) in [6.07, 6.45) is -0.0575. The lowest BCUT2D eigenvalue weighted by molar-refractivity contribution is -0.133. The van der Waals surface area contributed by atoms with Gasteiger partial charge in [0.25, 0.3) is 0 Å². The normalized spacial score (nSPS) is 23.9. The molecule has 0 aromatic rings. The van der Waals surface area contributed by atoms with Crippen molar-refractivity contribution in [1.29, 1.82) is 0 Å². The summed E-state index contributed by atoms with van der Waals surface area (Å²) in [7, 11) is 0. The van der Waals surface area contributed by atoms with E-state index in [4.69, 9.17) is 5.73 Å². The molecule has 1 rings (SSSR count). The van der Waals surface area contributed by atoms with Gasteiger partial charge in [0, 0.05) is 6.42 Å². The molecule has 1 saturated heterocycles. The monoisotopic (exact) mass is 198 g/mol. The van der Waals surface area contributed by atoms with Crippen molar-refractivity contribution >= 4 is 17.6 Å². The highest BCUT2D eigenvalue weighted by Gasteiger charge is 2.38. The first-order valence-corrected chi connectivity index (χ1v) is 4.56. The van der Waals surface area contributed by atoms with Gasteiger partial charge in [0.2, 0.25) is 11.8 Å². The third-order valence-corrected chi connectivity index (χ3v) is 2.36. The van der Waals surface area contributed by atoms with Gasteiger partial charge in [0.1, 0.15) is 5.92 Å². The number of Topliss-reactive ketones (excluding diaryl/α,β-unsaturated/α-hetero) is 1. The van der Waals surface area contributed by atoms with E-state index in [-0.39, 0.29) is 18.1 Å². The van der Waals surface area contributed by atoms with E-state index in [0.717, 1.165) is 0 Å². The maximum absolute atomic E-state index is 11.6. The SMILES string of the molecule is CC(C)C(N)C(=O)C1CC(=O)NC1=O. The summed E-state index contributed by atoms with van der Waals surface area (Å²) in [4.78, 5) is 33.6. The minimum absolute atomic E-state index is 0.0222. The van der Waals surface area contributed by atoms with E-state index in [2.05, 4.69) is 5.32 Å². The molecule has 1 heterocycles. The summed E-state index contributed by atoms with van der Waals surface area (Å²) in [5.41, 5.74) is 5.61. The summed E-state index contributed by atoms with van der Waals surface area (Å²) >= 11 is 0. The molecule has 2 amide bonds. The predicted octanol–water partition coefficient (Wildman–Crippen LogP) is -0.798. The number of nitrogens with one attached hydrogen (secondary N) is 1. The second kappa shape index (κ2) is 3.88. The Kier molecular flexibility index (Phi) is 3.00. The van der Waals surface area contributed by atoms with Crippen molar-refractivity contribution in [3.8, 4) is 0 Å². The van der Waals surface area contributed by atoms with Crippen LogP contribution in [-0.4, -0.2) is 23.6 Å². The Bertz CT molecular complexity index is 286. The van der Waals surface area contributed by atoms with E-state index < -0.39 is 23.8 Å². The Morgan fingerprint density at radius 2 is 2.07 bits per heavy atom. The van der Waals surface area contributed by atoms with Crippen LogP contribution in [0.15, 0.2) is 0 Å². The Balaban J connectivity index is 2.70. The number of rotatable bonds is 3. The van der Waals surface area contributed by atoms with Crippen LogP contribution >= 0.6 is 0 Å². The van der Waals surface area contributed by atoms with Crippen LogP contribution in [0.5, 0.6) is 0 Å². The molecule has 5 heteroatoms. The molecule has 14 heavy (non-hydrogen) atoms. The summed E-state index contributed by atoms with van der Waals surface area (Å²) in [5.74, 6) is -2.16. The van der Waals surface area contributed by atoms with Crippen LogP contribution in [0.2, 0.25) is 0 Å². The molecular weight excluding hydrogens is 184 g/mol. The average molecular weight is 198 g/mol.